The second-order valence-electron chi connectivity index (χ2n) is 15.3. The van der Waals surface area contributed by atoms with E-state index in [0.29, 0.717) is 0 Å². The Morgan fingerprint density at radius 3 is 0.824 bits per heavy atom. The predicted molar refractivity (Wildman–Crippen MR) is 224 cm³/mol. The van der Waals surface area contributed by atoms with E-state index in [1.54, 1.807) is 12.1 Å². The molecule has 2 aromatic carbocycles. The summed E-state index contributed by atoms with van der Waals surface area (Å²) in [5.41, 5.74) is 4.88. The van der Waals surface area contributed by atoms with Gasteiger partial charge in [-0.2, -0.15) is 0 Å². The van der Waals surface area contributed by atoms with Crippen molar-refractivity contribution in [1.82, 2.24) is 0 Å². The van der Waals surface area contributed by atoms with Gasteiger partial charge in [0.1, 0.15) is 0 Å². The molecule has 2 rings (SSSR count). The maximum Gasteiger partial charge on any atom is 2.00 e. The molecule has 0 amide bonds. The van der Waals surface area contributed by atoms with Crippen LogP contribution in [0.1, 0.15) is 230 Å². The molecule has 0 aromatic heterocycles. The topological polar surface area (TPSA) is 46.1 Å². The summed E-state index contributed by atoms with van der Waals surface area (Å²) < 4.78 is 0. The van der Waals surface area contributed by atoms with Crippen molar-refractivity contribution in [2.24, 2.45) is 0 Å². The Hall–Kier alpha value is -0.479. The van der Waals surface area contributed by atoms with Crippen molar-refractivity contribution in [1.29, 1.82) is 0 Å². The number of hydrogen-bond acceptors (Lipinski definition) is 2. The van der Waals surface area contributed by atoms with E-state index in [1.807, 2.05) is 12.1 Å². The van der Waals surface area contributed by atoms with Crippen LogP contribution in [0, 0.1) is 0 Å². The molecule has 0 heterocycles. The van der Waals surface area contributed by atoms with Gasteiger partial charge in [-0.05, 0) is 62.5 Å². The first-order valence-corrected chi connectivity index (χ1v) is 22.1. The zero-order valence-corrected chi connectivity index (χ0v) is 38.1. The Bertz CT molecular complexity index is 937. The monoisotopic (exact) mass is 779 g/mol. The molecule has 0 fully saturated rings. The van der Waals surface area contributed by atoms with Crippen LogP contribution < -0.4 is 10.2 Å². The number of hydrogen-bond donors (Lipinski definition) is 0. The molecular weight excluding hydrogens is 696 g/mol. The van der Waals surface area contributed by atoms with Crippen molar-refractivity contribution in [3.8, 4) is 11.5 Å². The van der Waals surface area contributed by atoms with Crippen LogP contribution in [0.4, 0.5) is 0 Å². The van der Waals surface area contributed by atoms with Crippen molar-refractivity contribution >= 4 is 45.5 Å². The molecule has 0 aliphatic carbocycles. The van der Waals surface area contributed by atoms with Crippen LogP contribution in [0.5, 0.6) is 11.5 Å². The maximum atomic E-state index is 12.3. The zero-order chi connectivity index (χ0) is 36.3. The third kappa shape index (κ3) is 27.7. The number of benzene rings is 2. The fraction of sp³-hybridized carbons (Fsp3) is 0.750. The average Bonchev–Trinajstić information content (AvgIpc) is 3.12. The van der Waals surface area contributed by atoms with Gasteiger partial charge in [-0.25, -0.2) is 0 Å². The van der Waals surface area contributed by atoms with Crippen molar-refractivity contribution in [2.75, 3.05) is 0 Å². The Morgan fingerprint density at radius 1 is 0.314 bits per heavy atom. The van der Waals surface area contributed by atoms with E-state index in [9.17, 15) is 10.2 Å². The van der Waals surface area contributed by atoms with Crippen molar-refractivity contribution in [3.05, 3.63) is 58.7 Å². The Labute approximate surface area is 356 Å². The Morgan fingerprint density at radius 2 is 0.549 bits per heavy atom. The van der Waals surface area contributed by atoms with Gasteiger partial charge in [0, 0.05) is 0 Å². The maximum absolute atomic E-state index is 12.3. The smallest absolute Gasteiger partial charge is 0.872 e. The molecule has 0 spiro atoms. The van der Waals surface area contributed by atoms with Crippen LogP contribution in [-0.4, -0.2) is 45.5 Å². The molecule has 0 radical (unpaired) electrons. The minimum Gasteiger partial charge on any atom is -0.872 e. The molecule has 51 heavy (non-hydrogen) atoms. The molecular formula is C48H82O2Sr. The standard InChI is InChI=1S/2C24H42O.Sr/c2*1-3-5-7-9-11-13-15-18-22-19-17-21-24(25)23(22)20-16-14-12-10-8-6-4-2;/h2*17,19,21,25H,3-16,18,20H2,1-2H3;/q;;+2/p-2. The second-order valence-corrected chi connectivity index (χ2v) is 15.3. The van der Waals surface area contributed by atoms with Gasteiger partial charge in [-0.15, -0.1) is 11.5 Å². The first-order valence-electron chi connectivity index (χ1n) is 22.1. The van der Waals surface area contributed by atoms with Gasteiger partial charge in [-0.3, -0.25) is 0 Å². The van der Waals surface area contributed by atoms with Crippen LogP contribution in [0.2, 0.25) is 0 Å². The third-order valence-electron chi connectivity index (χ3n) is 10.6. The minimum absolute atomic E-state index is 0. The first-order chi connectivity index (χ1) is 24.6. The summed E-state index contributed by atoms with van der Waals surface area (Å²) in [5.74, 6) is 0.540. The molecule has 0 aliphatic rings. The minimum atomic E-state index is 0. The molecule has 2 aromatic rings. The molecule has 2 nitrogen and oxygen atoms in total. The van der Waals surface area contributed by atoms with E-state index in [-0.39, 0.29) is 57.0 Å². The van der Waals surface area contributed by atoms with Gasteiger partial charge < -0.3 is 10.2 Å². The van der Waals surface area contributed by atoms with E-state index in [2.05, 4.69) is 39.8 Å². The van der Waals surface area contributed by atoms with Gasteiger partial charge in [0.15, 0.2) is 0 Å². The average molecular weight is 779 g/mol. The van der Waals surface area contributed by atoms with Gasteiger partial charge in [-0.1, -0.05) is 229 Å². The predicted octanol–water partition coefficient (Wildman–Crippen LogP) is 14.3. The number of aryl methyl sites for hydroxylation is 2. The molecule has 0 unspecified atom stereocenters. The largest absolute Gasteiger partial charge is 2.00 e. The molecule has 0 bridgehead atoms. The molecule has 288 valence electrons. The Balaban J connectivity index is 0.000000962. The summed E-state index contributed by atoms with van der Waals surface area (Å²) in [7, 11) is 0. The summed E-state index contributed by atoms with van der Waals surface area (Å²) in [4.78, 5) is 0. The molecule has 0 atom stereocenters. The summed E-state index contributed by atoms with van der Waals surface area (Å²) in [5, 5.41) is 24.5. The van der Waals surface area contributed by atoms with E-state index < -0.39 is 0 Å². The fourth-order valence-corrected chi connectivity index (χ4v) is 7.32. The van der Waals surface area contributed by atoms with Crippen LogP contribution in [0.3, 0.4) is 0 Å². The van der Waals surface area contributed by atoms with E-state index in [1.165, 1.54) is 191 Å². The van der Waals surface area contributed by atoms with Crippen molar-refractivity contribution in [2.45, 2.75) is 233 Å². The SMILES string of the molecule is CCCCCCCCCc1cccc([O-])c1CCCCCCCCC.CCCCCCCCCc1cccc([O-])c1CCCCCCCCC.[Sr+2]. The third-order valence-corrected chi connectivity index (χ3v) is 10.6. The summed E-state index contributed by atoms with van der Waals surface area (Å²) in [6.07, 6.45) is 41.2. The fourth-order valence-electron chi connectivity index (χ4n) is 7.32. The quantitative estimate of drug-likeness (QED) is 0.0548. The van der Waals surface area contributed by atoms with E-state index in [4.69, 9.17) is 0 Å². The molecule has 0 N–H and O–H groups in total. The van der Waals surface area contributed by atoms with Gasteiger partial charge in [0.05, 0.1) is 0 Å². The summed E-state index contributed by atoms with van der Waals surface area (Å²) >= 11 is 0. The molecule has 3 heteroatoms. The molecule has 0 saturated heterocycles. The normalized spacial score (nSPS) is 10.9. The second kappa shape index (κ2) is 37.8. The van der Waals surface area contributed by atoms with Crippen molar-refractivity contribution in [3.63, 3.8) is 0 Å². The van der Waals surface area contributed by atoms with Gasteiger partial charge in [0.25, 0.3) is 0 Å². The van der Waals surface area contributed by atoms with Gasteiger partial charge >= 0.3 is 45.5 Å². The van der Waals surface area contributed by atoms with E-state index >= 15 is 0 Å². The van der Waals surface area contributed by atoms with Crippen LogP contribution >= 0.6 is 0 Å². The van der Waals surface area contributed by atoms with Crippen LogP contribution in [0.25, 0.3) is 0 Å². The zero-order valence-electron chi connectivity index (χ0n) is 34.6. The van der Waals surface area contributed by atoms with E-state index in [0.717, 1.165) is 36.8 Å². The summed E-state index contributed by atoms with van der Waals surface area (Å²) in [6.45, 7) is 9.06. The van der Waals surface area contributed by atoms with Crippen LogP contribution in [-0.2, 0) is 25.7 Å². The molecule has 0 saturated carbocycles. The summed E-state index contributed by atoms with van der Waals surface area (Å²) in [6, 6.07) is 11.8. The van der Waals surface area contributed by atoms with Crippen molar-refractivity contribution < 1.29 is 10.2 Å². The number of unbranched alkanes of at least 4 members (excludes halogenated alkanes) is 24. The van der Waals surface area contributed by atoms with Crippen LogP contribution in [0.15, 0.2) is 36.4 Å². The first kappa shape index (κ1) is 50.5. The number of rotatable bonds is 32. The van der Waals surface area contributed by atoms with Gasteiger partial charge in [0.2, 0.25) is 0 Å². The molecule has 0 aliphatic heterocycles. The Kier molecular flexibility index (Phi) is 37.5.